The fourth-order valence-corrected chi connectivity index (χ4v) is 2.32. The molecule has 0 radical (unpaired) electrons. The van der Waals surface area contributed by atoms with Crippen molar-refractivity contribution in [3.63, 3.8) is 0 Å². The van der Waals surface area contributed by atoms with E-state index in [2.05, 4.69) is 4.98 Å². The number of ether oxygens (including phenoxy) is 1. The van der Waals surface area contributed by atoms with Gasteiger partial charge in [0.05, 0.1) is 6.61 Å². The highest BCUT2D eigenvalue weighted by Gasteiger charge is 2.23. The summed E-state index contributed by atoms with van der Waals surface area (Å²) >= 11 is 0. The number of hydrogen-bond acceptors (Lipinski definition) is 4. The van der Waals surface area contributed by atoms with E-state index in [0.717, 1.165) is 12.8 Å². The second kappa shape index (κ2) is 5.22. The van der Waals surface area contributed by atoms with Gasteiger partial charge in [-0.05, 0) is 49.1 Å². The summed E-state index contributed by atoms with van der Waals surface area (Å²) in [6, 6.07) is 6.98. The van der Waals surface area contributed by atoms with Crippen molar-refractivity contribution in [2.45, 2.75) is 12.8 Å². The maximum atomic E-state index is 14.1. The first kappa shape index (κ1) is 14.0. The lowest BCUT2D eigenvalue weighted by molar-refractivity contribution is 0.285. The Hall–Kier alpha value is -2.63. The molecule has 1 fully saturated rings. The Morgan fingerprint density at radius 2 is 2.04 bits per heavy atom. The topological polar surface area (TPSA) is 55.5 Å². The highest BCUT2D eigenvalue weighted by atomic mass is 19.1. The fourth-order valence-electron chi connectivity index (χ4n) is 2.32. The highest BCUT2D eigenvalue weighted by molar-refractivity contribution is 5.78. The van der Waals surface area contributed by atoms with Crippen LogP contribution in [0.15, 0.2) is 34.7 Å². The molecule has 4 rings (SSSR count). The summed E-state index contributed by atoms with van der Waals surface area (Å²) in [5.74, 6) is -1.13. The second-order valence-corrected chi connectivity index (χ2v) is 5.67. The minimum atomic E-state index is -0.883. The number of hydrogen-bond donors (Lipinski definition) is 1. The molecular formula is C17H13F2NO3. The van der Waals surface area contributed by atoms with E-state index in [1.54, 1.807) is 6.07 Å². The molecule has 23 heavy (non-hydrogen) atoms. The molecule has 1 heterocycles. The SMILES string of the molecule is Oc1ccc2nc(-c3ccc(OCC4CC4)c(F)c3)oc2c1F. The number of oxazole rings is 1. The van der Waals surface area contributed by atoms with Crippen LogP contribution < -0.4 is 4.74 Å². The quantitative estimate of drug-likeness (QED) is 0.781. The molecule has 1 aromatic heterocycles. The maximum Gasteiger partial charge on any atom is 0.227 e. The summed E-state index contributed by atoms with van der Waals surface area (Å²) in [5, 5.41) is 9.35. The minimum absolute atomic E-state index is 0.0807. The van der Waals surface area contributed by atoms with Crippen LogP contribution in [0.5, 0.6) is 11.5 Å². The second-order valence-electron chi connectivity index (χ2n) is 5.67. The molecule has 3 aromatic rings. The van der Waals surface area contributed by atoms with Crippen LogP contribution in [-0.2, 0) is 0 Å². The number of benzene rings is 2. The number of aromatic hydroxyl groups is 1. The van der Waals surface area contributed by atoms with Crippen LogP contribution in [0.3, 0.4) is 0 Å². The Morgan fingerprint density at radius 3 is 2.78 bits per heavy atom. The predicted molar refractivity (Wildman–Crippen MR) is 79.2 cm³/mol. The molecule has 0 unspecified atom stereocenters. The van der Waals surface area contributed by atoms with Gasteiger partial charge in [0.15, 0.2) is 22.9 Å². The number of aromatic nitrogens is 1. The van der Waals surface area contributed by atoms with Gasteiger partial charge in [-0.15, -0.1) is 0 Å². The van der Waals surface area contributed by atoms with Crippen LogP contribution in [0, 0.1) is 17.6 Å². The fraction of sp³-hybridized carbons (Fsp3) is 0.235. The molecule has 2 aromatic carbocycles. The lowest BCUT2D eigenvalue weighted by atomic mass is 10.2. The van der Waals surface area contributed by atoms with E-state index >= 15 is 0 Å². The summed E-state index contributed by atoms with van der Waals surface area (Å²) < 4.78 is 38.6. The molecule has 6 heteroatoms. The lowest BCUT2D eigenvalue weighted by Gasteiger charge is -2.06. The van der Waals surface area contributed by atoms with E-state index in [-0.39, 0.29) is 22.7 Å². The van der Waals surface area contributed by atoms with E-state index in [4.69, 9.17) is 9.15 Å². The Kier molecular flexibility index (Phi) is 3.18. The normalized spacial score (nSPS) is 14.3. The predicted octanol–water partition coefficient (Wildman–Crippen LogP) is 4.27. The van der Waals surface area contributed by atoms with E-state index < -0.39 is 17.4 Å². The van der Waals surface area contributed by atoms with Crippen LogP contribution in [-0.4, -0.2) is 16.7 Å². The smallest absolute Gasteiger partial charge is 0.227 e. The number of phenolic OH excluding ortho intramolecular Hbond substituents is 1. The van der Waals surface area contributed by atoms with Crippen molar-refractivity contribution in [3.05, 3.63) is 42.0 Å². The van der Waals surface area contributed by atoms with Crippen LogP contribution in [0.2, 0.25) is 0 Å². The first-order chi connectivity index (χ1) is 11.1. The molecule has 0 atom stereocenters. The van der Waals surface area contributed by atoms with E-state index in [1.165, 1.54) is 24.3 Å². The van der Waals surface area contributed by atoms with Crippen LogP contribution in [0.1, 0.15) is 12.8 Å². The van der Waals surface area contributed by atoms with Gasteiger partial charge in [-0.25, -0.2) is 9.37 Å². The zero-order chi connectivity index (χ0) is 16.0. The first-order valence-electron chi connectivity index (χ1n) is 7.32. The van der Waals surface area contributed by atoms with E-state index in [0.29, 0.717) is 18.1 Å². The van der Waals surface area contributed by atoms with Crippen molar-refractivity contribution in [1.29, 1.82) is 0 Å². The molecular weight excluding hydrogens is 304 g/mol. The van der Waals surface area contributed by atoms with Gasteiger partial charge in [0, 0.05) is 5.56 Å². The molecule has 0 bridgehead atoms. The van der Waals surface area contributed by atoms with Crippen molar-refractivity contribution in [3.8, 4) is 23.0 Å². The summed E-state index contributed by atoms with van der Waals surface area (Å²) in [6.07, 6.45) is 2.25. The largest absolute Gasteiger partial charge is 0.505 e. The Morgan fingerprint density at radius 1 is 1.22 bits per heavy atom. The first-order valence-corrected chi connectivity index (χ1v) is 7.32. The van der Waals surface area contributed by atoms with E-state index in [9.17, 15) is 13.9 Å². The molecule has 0 saturated heterocycles. The van der Waals surface area contributed by atoms with Gasteiger partial charge in [-0.2, -0.15) is 4.39 Å². The number of rotatable bonds is 4. The number of phenols is 1. The average Bonchev–Trinajstić information content (AvgIpc) is 3.27. The highest BCUT2D eigenvalue weighted by Crippen LogP contribution is 2.33. The maximum absolute atomic E-state index is 14.1. The van der Waals surface area contributed by atoms with Crippen molar-refractivity contribution in [2.24, 2.45) is 5.92 Å². The number of fused-ring (bicyclic) bond motifs is 1. The number of nitrogens with zero attached hydrogens (tertiary/aromatic N) is 1. The lowest BCUT2D eigenvalue weighted by Crippen LogP contribution is -2.00. The number of halogens is 2. The molecule has 1 aliphatic rings. The zero-order valence-corrected chi connectivity index (χ0v) is 12.1. The average molecular weight is 317 g/mol. The van der Waals surface area contributed by atoms with Crippen molar-refractivity contribution in [2.75, 3.05) is 6.61 Å². The van der Waals surface area contributed by atoms with Crippen molar-refractivity contribution >= 4 is 11.1 Å². The van der Waals surface area contributed by atoms with Crippen LogP contribution in [0.25, 0.3) is 22.6 Å². The summed E-state index contributed by atoms with van der Waals surface area (Å²) in [7, 11) is 0. The Balaban J connectivity index is 1.66. The third kappa shape index (κ3) is 2.60. The Bertz CT molecular complexity index is 887. The molecule has 4 nitrogen and oxygen atoms in total. The molecule has 0 amide bonds. The summed E-state index contributed by atoms with van der Waals surface area (Å²) in [6.45, 7) is 0.518. The van der Waals surface area contributed by atoms with Gasteiger partial charge in [0.1, 0.15) is 5.52 Å². The monoisotopic (exact) mass is 317 g/mol. The standard InChI is InChI=1S/C17H13F2NO3/c18-11-7-10(3-6-14(11)22-8-9-1-2-9)17-20-12-4-5-13(21)15(19)16(12)23-17/h3-7,9,21H,1-2,8H2. The summed E-state index contributed by atoms with van der Waals surface area (Å²) in [4.78, 5) is 4.11. The van der Waals surface area contributed by atoms with Crippen LogP contribution >= 0.6 is 0 Å². The molecule has 1 saturated carbocycles. The van der Waals surface area contributed by atoms with Gasteiger partial charge in [-0.1, -0.05) is 0 Å². The third-order valence-electron chi connectivity index (χ3n) is 3.83. The van der Waals surface area contributed by atoms with Gasteiger partial charge in [0.25, 0.3) is 0 Å². The van der Waals surface area contributed by atoms with Gasteiger partial charge >= 0.3 is 0 Å². The molecule has 118 valence electrons. The third-order valence-corrected chi connectivity index (χ3v) is 3.83. The van der Waals surface area contributed by atoms with E-state index in [1.807, 2.05) is 0 Å². The van der Waals surface area contributed by atoms with Crippen LogP contribution in [0.4, 0.5) is 8.78 Å². The minimum Gasteiger partial charge on any atom is -0.505 e. The van der Waals surface area contributed by atoms with Gasteiger partial charge in [-0.3, -0.25) is 0 Å². The van der Waals surface area contributed by atoms with Crippen molar-refractivity contribution < 1.29 is 23.0 Å². The zero-order valence-electron chi connectivity index (χ0n) is 12.1. The molecule has 0 aliphatic heterocycles. The van der Waals surface area contributed by atoms with Gasteiger partial charge < -0.3 is 14.3 Å². The molecule has 1 N–H and O–H groups in total. The molecule has 0 spiro atoms. The van der Waals surface area contributed by atoms with Crippen molar-refractivity contribution in [1.82, 2.24) is 4.98 Å². The Labute approximate surface area is 130 Å². The summed E-state index contributed by atoms with van der Waals surface area (Å²) in [5.41, 5.74) is 0.468. The molecule has 1 aliphatic carbocycles. The van der Waals surface area contributed by atoms with Gasteiger partial charge in [0.2, 0.25) is 11.7 Å².